The van der Waals surface area contributed by atoms with Crippen LogP contribution in [0.1, 0.15) is 26.5 Å². The van der Waals surface area contributed by atoms with Crippen molar-refractivity contribution in [2.75, 3.05) is 7.11 Å². The topological polar surface area (TPSA) is 34.5 Å². The first-order valence-electron chi connectivity index (χ1n) is 4.82. The number of hydrogen-bond acceptors (Lipinski definition) is 3. The monoisotopic (exact) mass is 194 g/mol. The van der Waals surface area contributed by atoms with Gasteiger partial charge in [-0.25, -0.2) is 9.98 Å². The van der Waals surface area contributed by atoms with Crippen molar-refractivity contribution in [2.45, 2.75) is 27.2 Å². The molecule has 0 N–H and O–H groups in total. The minimum Gasteiger partial charge on any atom is -0.493 e. The third kappa shape index (κ3) is 3.17. The van der Waals surface area contributed by atoms with E-state index in [1.54, 1.807) is 7.11 Å². The summed E-state index contributed by atoms with van der Waals surface area (Å²) in [5.41, 5.74) is 0.998. The lowest BCUT2D eigenvalue weighted by atomic mass is 10.3. The first-order valence-corrected chi connectivity index (χ1v) is 4.82. The third-order valence-corrected chi connectivity index (χ3v) is 1.63. The van der Waals surface area contributed by atoms with Gasteiger partial charge in [0.05, 0.1) is 7.11 Å². The molecule has 0 aliphatic carbocycles. The van der Waals surface area contributed by atoms with Crippen LogP contribution in [0.5, 0.6) is 5.75 Å². The smallest absolute Gasteiger partial charge is 0.194 e. The van der Waals surface area contributed by atoms with Crippen molar-refractivity contribution in [1.82, 2.24) is 4.98 Å². The summed E-state index contributed by atoms with van der Waals surface area (Å²) in [5, 5.41) is 0. The maximum absolute atomic E-state index is 5.04. The van der Waals surface area contributed by atoms with Crippen LogP contribution in [0.4, 0.5) is 5.82 Å². The molecule has 0 fully saturated rings. The zero-order chi connectivity index (χ0) is 11.0. The van der Waals surface area contributed by atoms with Crippen molar-refractivity contribution in [3.63, 3.8) is 0 Å². The van der Waals surface area contributed by atoms with Crippen molar-refractivity contribution in [3.8, 4) is 5.75 Å². The molecule has 78 valence electrons. The predicted octanol–water partition coefficient (Wildman–Crippen LogP) is 3.01. The summed E-state index contributed by atoms with van der Waals surface area (Å²) in [4.78, 5) is 7.99. The Hall–Kier alpha value is -1.38. The van der Waals surface area contributed by atoms with Crippen LogP contribution in [0.3, 0.4) is 0 Å². The summed E-state index contributed by atoms with van der Waals surface area (Å²) in [5.74, 6) is 1.24. The van der Waals surface area contributed by atoms with E-state index >= 15 is 0 Å². The van der Waals surface area contributed by atoms with Crippen LogP contribution in [0, 0.1) is 0 Å². The molecular formula is C11H18N2O. The second-order valence-electron chi connectivity index (χ2n) is 2.34. The zero-order valence-corrected chi connectivity index (χ0v) is 9.37. The van der Waals surface area contributed by atoms with Crippen molar-refractivity contribution in [1.29, 1.82) is 0 Å². The summed E-state index contributed by atoms with van der Waals surface area (Å²) in [6.07, 6.45) is 0.895. The highest BCUT2D eigenvalue weighted by Gasteiger charge is 2.01. The van der Waals surface area contributed by atoms with E-state index in [1.807, 2.05) is 32.9 Å². The summed E-state index contributed by atoms with van der Waals surface area (Å²) in [7, 11) is 1.59. The van der Waals surface area contributed by atoms with E-state index in [1.165, 1.54) is 0 Å². The molecule has 0 aromatic carbocycles. The molecular weight excluding hydrogens is 176 g/mol. The largest absolute Gasteiger partial charge is 0.493 e. The van der Waals surface area contributed by atoms with Crippen LogP contribution in [-0.4, -0.2) is 18.8 Å². The van der Waals surface area contributed by atoms with Crippen LogP contribution in [0.25, 0.3) is 0 Å². The number of rotatable bonds is 3. The Morgan fingerprint density at radius 1 is 1.43 bits per heavy atom. The normalized spacial score (nSPS) is 8.57. The Kier molecular flexibility index (Phi) is 6.37. The van der Waals surface area contributed by atoms with Crippen LogP contribution in [0.15, 0.2) is 17.1 Å². The number of methoxy groups -OCH3 is 1. The SMILES string of the molecule is C=Nc1nc(CC)ccc1OC.CC. The second kappa shape index (κ2) is 7.06. The van der Waals surface area contributed by atoms with Crippen LogP contribution in [-0.2, 0) is 6.42 Å². The van der Waals surface area contributed by atoms with Gasteiger partial charge in [0.15, 0.2) is 11.6 Å². The highest BCUT2D eigenvalue weighted by Crippen LogP contribution is 2.24. The third-order valence-electron chi connectivity index (χ3n) is 1.63. The molecule has 14 heavy (non-hydrogen) atoms. The van der Waals surface area contributed by atoms with Crippen LogP contribution >= 0.6 is 0 Å². The summed E-state index contributed by atoms with van der Waals surface area (Å²) >= 11 is 0. The van der Waals surface area contributed by atoms with Gasteiger partial charge < -0.3 is 4.74 Å². The van der Waals surface area contributed by atoms with E-state index in [4.69, 9.17) is 4.74 Å². The molecule has 0 bridgehead atoms. The molecule has 0 spiro atoms. The summed E-state index contributed by atoms with van der Waals surface area (Å²) in [6.45, 7) is 9.47. The first kappa shape index (κ1) is 12.6. The number of nitrogens with zero attached hydrogens (tertiary/aromatic N) is 2. The number of ether oxygens (including phenoxy) is 1. The van der Waals surface area contributed by atoms with Gasteiger partial charge in [0, 0.05) is 5.69 Å². The molecule has 0 amide bonds. The first-order chi connectivity index (χ1) is 6.81. The van der Waals surface area contributed by atoms with Crippen LogP contribution < -0.4 is 4.74 Å². The van der Waals surface area contributed by atoms with Gasteiger partial charge in [0.1, 0.15) is 0 Å². The molecule has 1 rings (SSSR count). The van der Waals surface area contributed by atoms with E-state index in [9.17, 15) is 0 Å². The van der Waals surface area contributed by atoms with E-state index in [0.29, 0.717) is 11.6 Å². The standard InChI is InChI=1S/C9H12N2O.C2H6/c1-4-7-5-6-8(12-3)9(10-2)11-7;1-2/h5-6H,2,4H2,1,3H3;1-2H3. The number of aryl methyl sites for hydroxylation is 1. The molecule has 3 heteroatoms. The van der Waals surface area contributed by atoms with Gasteiger partial charge in [-0.05, 0) is 25.3 Å². The summed E-state index contributed by atoms with van der Waals surface area (Å²) < 4.78 is 5.04. The van der Waals surface area contributed by atoms with Gasteiger partial charge in [-0.1, -0.05) is 20.8 Å². The molecule has 1 aromatic rings. The molecule has 0 saturated carbocycles. The average molecular weight is 194 g/mol. The Morgan fingerprint density at radius 2 is 2.07 bits per heavy atom. The quantitative estimate of drug-likeness (QED) is 0.693. The Morgan fingerprint density at radius 3 is 2.50 bits per heavy atom. The minimum atomic E-state index is 0.567. The average Bonchev–Trinajstić information content (AvgIpc) is 2.30. The van der Waals surface area contributed by atoms with Crippen molar-refractivity contribution >= 4 is 12.5 Å². The molecule has 0 atom stereocenters. The molecule has 1 heterocycles. The van der Waals surface area contributed by atoms with Gasteiger partial charge in [-0.3, -0.25) is 0 Å². The van der Waals surface area contributed by atoms with Crippen molar-refractivity contribution < 1.29 is 4.74 Å². The molecule has 1 aromatic heterocycles. The molecule has 0 aliphatic rings. The molecule has 3 nitrogen and oxygen atoms in total. The van der Waals surface area contributed by atoms with E-state index in [0.717, 1.165) is 12.1 Å². The lowest BCUT2D eigenvalue weighted by molar-refractivity contribution is 0.414. The lowest BCUT2D eigenvalue weighted by Gasteiger charge is -2.03. The summed E-state index contributed by atoms with van der Waals surface area (Å²) in [6, 6.07) is 3.78. The van der Waals surface area contributed by atoms with E-state index in [2.05, 4.69) is 16.7 Å². The number of pyridine rings is 1. The maximum atomic E-state index is 5.04. The van der Waals surface area contributed by atoms with Crippen molar-refractivity contribution in [2.24, 2.45) is 4.99 Å². The fraction of sp³-hybridized carbons (Fsp3) is 0.455. The molecule has 0 unspecified atom stereocenters. The zero-order valence-electron chi connectivity index (χ0n) is 9.37. The van der Waals surface area contributed by atoms with Crippen LogP contribution in [0.2, 0.25) is 0 Å². The Labute approximate surface area is 85.9 Å². The number of aromatic nitrogens is 1. The van der Waals surface area contributed by atoms with Gasteiger partial charge >= 0.3 is 0 Å². The van der Waals surface area contributed by atoms with Gasteiger partial charge in [-0.15, -0.1) is 0 Å². The van der Waals surface area contributed by atoms with Gasteiger partial charge in [-0.2, -0.15) is 0 Å². The molecule has 0 radical (unpaired) electrons. The molecule has 0 saturated heterocycles. The highest BCUT2D eigenvalue weighted by atomic mass is 16.5. The maximum Gasteiger partial charge on any atom is 0.194 e. The predicted molar refractivity (Wildman–Crippen MR) is 60.7 cm³/mol. The highest BCUT2D eigenvalue weighted by molar-refractivity contribution is 5.50. The number of aliphatic imine (C=N–C) groups is 1. The van der Waals surface area contributed by atoms with Gasteiger partial charge in [0.25, 0.3) is 0 Å². The lowest BCUT2D eigenvalue weighted by Crippen LogP contribution is -1.90. The fourth-order valence-electron chi connectivity index (χ4n) is 0.944. The minimum absolute atomic E-state index is 0.567. The van der Waals surface area contributed by atoms with Gasteiger partial charge in [0.2, 0.25) is 0 Å². The Bertz CT molecular complexity index is 285. The second-order valence-corrected chi connectivity index (χ2v) is 2.34. The van der Waals surface area contributed by atoms with E-state index < -0.39 is 0 Å². The number of hydrogen-bond donors (Lipinski definition) is 0. The van der Waals surface area contributed by atoms with Crippen molar-refractivity contribution in [3.05, 3.63) is 17.8 Å². The fourth-order valence-corrected chi connectivity index (χ4v) is 0.944. The molecule has 0 aliphatic heterocycles. The Balaban J connectivity index is 0.000000791. The van der Waals surface area contributed by atoms with E-state index in [-0.39, 0.29) is 0 Å².